The Morgan fingerprint density at radius 3 is 2.30 bits per heavy atom. The number of nitrogens with zero attached hydrogens (tertiary/aromatic N) is 2. The highest BCUT2D eigenvalue weighted by molar-refractivity contribution is 6.04. The number of anilines is 3. The Bertz CT molecular complexity index is 970. The Morgan fingerprint density at radius 2 is 1.70 bits per heavy atom. The van der Waals surface area contributed by atoms with E-state index < -0.39 is 21.5 Å². The van der Waals surface area contributed by atoms with Crippen molar-refractivity contribution in [3.05, 3.63) is 74.2 Å². The van der Waals surface area contributed by atoms with E-state index in [9.17, 15) is 25.0 Å². The number of carbonyl (C=O) groups is 1. The highest BCUT2D eigenvalue weighted by atomic mass is 16.6. The second kappa shape index (κ2) is 7.00. The summed E-state index contributed by atoms with van der Waals surface area (Å²) in [5.74, 6) is -0.569. The molecule has 0 radical (unpaired) electrons. The summed E-state index contributed by atoms with van der Waals surface area (Å²) < 4.78 is 5.01. The standard InChI is InChI=1S/C16H13N5O6/c1-27-11-5-2-9(3-6-11)17-16(22)14(21(25)26)15-18-12-7-4-10(20(23)24)8-13(12)19-15/h2-8,18-19H,1H3,(H,17,22)/b15-14-. The first-order valence-electron chi connectivity index (χ1n) is 7.55. The van der Waals surface area contributed by atoms with Gasteiger partial charge in [0.15, 0.2) is 5.82 Å². The van der Waals surface area contributed by atoms with Crippen molar-refractivity contribution in [2.24, 2.45) is 0 Å². The van der Waals surface area contributed by atoms with Crippen LogP contribution in [0.2, 0.25) is 0 Å². The molecule has 3 rings (SSSR count). The average molecular weight is 371 g/mol. The number of rotatable bonds is 5. The molecule has 2 aromatic rings. The SMILES string of the molecule is COc1ccc(NC(=O)/C(=C2\Nc3ccc([N+](=O)[O-])cc3N2)[N+](=O)[O-])cc1. The Balaban J connectivity index is 1.87. The Labute approximate surface area is 151 Å². The van der Waals surface area contributed by atoms with E-state index >= 15 is 0 Å². The van der Waals surface area contributed by atoms with Crippen molar-refractivity contribution in [3.8, 4) is 5.75 Å². The molecule has 2 aromatic carbocycles. The monoisotopic (exact) mass is 371 g/mol. The van der Waals surface area contributed by atoms with Gasteiger partial charge in [-0.15, -0.1) is 0 Å². The van der Waals surface area contributed by atoms with Crippen LogP contribution in [0.4, 0.5) is 22.7 Å². The first-order valence-corrected chi connectivity index (χ1v) is 7.55. The minimum atomic E-state index is -0.956. The largest absolute Gasteiger partial charge is 0.497 e. The summed E-state index contributed by atoms with van der Waals surface area (Å²) in [5, 5.41) is 30.0. The van der Waals surface area contributed by atoms with Gasteiger partial charge in [0.2, 0.25) is 0 Å². The van der Waals surface area contributed by atoms with Crippen LogP contribution in [-0.4, -0.2) is 22.9 Å². The third-order valence-electron chi connectivity index (χ3n) is 3.72. The summed E-state index contributed by atoms with van der Waals surface area (Å²) in [6, 6.07) is 10.1. The maximum atomic E-state index is 12.4. The van der Waals surface area contributed by atoms with E-state index in [1.165, 1.54) is 37.4 Å². The predicted molar refractivity (Wildman–Crippen MR) is 96.0 cm³/mol. The molecule has 3 N–H and O–H groups in total. The predicted octanol–water partition coefficient (Wildman–Crippen LogP) is 2.53. The van der Waals surface area contributed by atoms with Crippen LogP contribution in [0.15, 0.2) is 54.0 Å². The van der Waals surface area contributed by atoms with Crippen LogP contribution in [0.5, 0.6) is 5.75 Å². The number of nitro groups is 2. The topological polar surface area (TPSA) is 149 Å². The Hall–Kier alpha value is -4.15. The van der Waals surface area contributed by atoms with Crippen molar-refractivity contribution in [1.82, 2.24) is 0 Å². The highest BCUT2D eigenvalue weighted by Crippen LogP contribution is 2.34. The number of ether oxygens (including phenoxy) is 1. The molecule has 11 nitrogen and oxygen atoms in total. The number of carbonyl (C=O) groups excluding carboxylic acids is 1. The molecule has 27 heavy (non-hydrogen) atoms. The molecule has 1 amide bonds. The van der Waals surface area contributed by atoms with Crippen molar-refractivity contribution in [2.45, 2.75) is 0 Å². The number of methoxy groups -OCH3 is 1. The number of non-ortho nitro benzene ring substituents is 1. The fourth-order valence-corrected chi connectivity index (χ4v) is 2.43. The molecular weight excluding hydrogens is 358 g/mol. The normalized spacial score (nSPS) is 13.7. The molecule has 138 valence electrons. The number of hydrogen-bond acceptors (Lipinski definition) is 8. The minimum Gasteiger partial charge on any atom is -0.497 e. The van der Waals surface area contributed by atoms with Gasteiger partial charge in [0.1, 0.15) is 5.75 Å². The lowest BCUT2D eigenvalue weighted by molar-refractivity contribution is -0.419. The molecule has 11 heteroatoms. The van der Waals surface area contributed by atoms with Gasteiger partial charge in [0.25, 0.3) is 5.69 Å². The highest BCUT2D eigenvalue weighted by Gasteiger charge is 2.32. The zero-order valence-corrected chi connectivity index (χ0v) is 13.9. The maximum absolute atomic E-state index is 12.4. The van der Waals surface area contributed by atoms with Gasteiger partial charge >= 0.3 is 11.6 Å². The van der Waals surface area contributed by atoms with Crippen LogP contribution in [0.1, 0.15) is 0 Å². The summed E-state index contributed by atoms with van der Waals surface area (Å²) in [5.41, 5.74) is 0.0363. The zero-order chi connectivity index (χ0) is 19.6. The van der Waals surface area contributed by atoms with E-state index in [0.29, 0.717) is 17.1 Å². The molecule has 1 aliphatic heterocycles. The van der Waals surface area contributed by atoms with Gasteiger partial charge in [0, 0.05) is 17.8 Å². The quantitative estimate of drug-likeness (QED) is 0.412. The fraction of sp³-hybridized carbons (Fsp3) is 0.0625. The molecule has 0 atom stereocenters. The molecule has 1 heterocycles. The van der Waals surface area contributed by atoms with Crippen LogP contribution >= 0.6 is 0 Å². The van der Waals surface area contributed by atoms with Gasteiger partial charge < -0.3 is 20.7 Å². The lowest BCUT2D eigenvalue weighted by Gasteiger charge is -2.07. The molecule has 0 aliphatic carbocycles. The van der Waals surface area contributed by atoms with Gasteiger partial charge in [0.05, 0.1) is 28.3 Å². The first-order chi connectivity index (χ1) is 12.9. The van der Waals surface area contributed by atoms with Crippen molar-refractivity contribution < 1.29 is 19.4 Å². The Morgan fingerprint density at radius 1 is 1.04 bits per heavy atom. The molecule has 1 aliphatic rings. The number of amides is 1. The summed E-state index contributed by atoms with van der Waals surface area (Å²) in [7, 11) is 1.49. The van der Waals surface area contributed by atoms with E-state index in [1.807, 2.05) is 0 Å². The molecule has 0 saturated heterocycles. The smallest absolute Gasteiger partial charge is 0.373 e. The van der Waals surface area contributed by atoms with Crippen LogP contribution in [0.3, 0.4) is 0 Å². The van der Waals surface area contributed by atoms with Gasteiger partial charge in [-0.2, -0.15) is 0 Å². The van der Waals surface area contributed by atoms with Crippen LogP contribution in [0, 0.1) is 20.2 Å². The van der Waals surface area contributed by atoms with E-state index in [4.69, 9.17) is 4.74 Å². The summed E-state index contributed by atoms with van der Waals surface area (Å²) in [6.45, 7) is 0. The first kappa shape index (κ1) is 17.7. The van der Waals surface area contributed by atoms with Gasteiger partial charge in [-0.25, -0.2) is 0 Å². The number of benzene rings is 2. The number of hydrogen-bond donors (Lipinski definition) is 3. The molecular formula is C16H13N5O6. The zero-order valence-electron chi connectivity index (χ0n) is 13.9. The molecule has 0 unspecified atom stereocenters. The number of fused-ring (bicyclic) bond motifs is 1. The molecule has 0 spiro atoms. The lowest BCUT2D eigenvalue weighted by Crippen LogP contribution is -2.24. The average Bonchev–Trinajstić information content (AvgIpc) is 3.04. The summed E-state index contributed by atoms with van der Waals surface area (Å²) in [6.07, 6.45) is 0. The molecule has 0 bridgehead atoms. The second-order valence-corrected chi connectivity index (χ2v) is 5.40. The van der Waals surface area contributed by atoms with E-state index in [0.717, 1.165) is 0 Å². The van der Waals surface area contributed by atoms with Crippen LogP contribution in [-0.2, 0) is 4.79 Å². The molecule has 0 aromatic heterocycles. The van der Waals surface area contributed by atoms with Gasteiger partial charge in [-0.05, 0) is 30.3 Å². The Kier molecular flexibility index (Phi) is 4.58. The van der Waals surface area contributed by atoms with Crippen LogP contribution < -0.4 is 20.7 Å². The summed E-state index contributed by atoms with van der Waals surface area (Å²) >= 11 is 0. The van der Waals surface area contributed by atoms with Gasteiger partial charge in [-0.3, -0.25) is 25.0 Å². The van der Waals surface area contributed by atoms with Crippen molar-refractivity contribution in [3.63, 3.8) is 0 Å². The lowest BCUT2D eigenvalue weighted by atomic mass is 10.2. The number of nitro benzene ring substituents is 1. The third kappa shape index (κ3) is 3.61. The third-order valence-corrected chi connectivity index (χ3v) is 3.72. The van der Waals surface area contributed by atoms with E-state index in [-0.39, 0.29) is 17.2 Å². The maximum Gasteiger partial charge on any atom is 0.373 e. The van der Waals surface area contributed by atoms with Crippen molar-refractivity contribution in [2.75, 3.05) is 23.1 Å². The molecule has 0 fully saturated rings. The molecule has 0 saturated carbocycles. The van der Waals surface area contributed by atoms with Crippen LogP contribution in [0.25, 0.3) is 0 Å². The van der Waals surface area contributed by atoms with E-state index in [1.54, 1.807) is 12.1 Å². The van der Waals surface area contributed by atoms with Crippen molar-refractivity contribution >= 4 is 28.7 Å². The second-order valence-electron chi connectivity index (χ2n) is 5.40. The minimum absolute atomic E-state index is 0.179. The number of nitrogens with one attached hydrogen (secondary N) is 3. The van der Waals surface area contributed by atoms with Gasteiger partial charge in [-0.1, -0.05) is 0 Å². The van der Waals surface area contributed by atoms with Crippen molar-refractivity contribution in [1.29, 1.82) is 0 Å². The fourth-order valence-electron chi connectivity index (χ4n) is 2.43. The summed E-state index contributed by atoms with van der Waals surface area (Å²) in [4.78, 5) is 33.2. The van der Waals surface area contributed by atoms with E-state index in [2.05, 4.69) is 16.0 Å².